The molecule has 0 saturated heterocycles. The normalized spacial score (nSPS) is 11.8. The number of aliphatic imine (C=N–C) groups is 1. The maximum Gasteiger partial charge on any atom is 0.214 e. The van der Waals surface area contributed by atoms with E-state index in [1.807, 2.05) is 32.0 Å². The van der Waals surface area contributed by atoms with Gasteiger partial charge in [0.05, 0.1) is 12.2 Å². The Bertz CT molecular complexity index is 708. The average Bonchev–Trinajstić information content (AvgIpc) is 2.86. The van der Waals surface area contributed by atoms with Crippen molar-refractivity contribution in [2.24, 2.45) is 4.99 Å². The molecule has 0 atom stereocenters. The fourth-order valence-corrected chi connectivity index (χ4v) is 2.80. The van der Waals surface area contributed by atoms with E-state index in [-0.39, 0.29) is 29.4 Å². The summed E-state index contributed by atoms with van der Waals surface area (Å²) in [6.07, 6.45) is 0. The van der Waals surface area contributed by atoms with Crippen molar-refractivity contribution in [3.63, 3.8) is 0 Å². The largest absolute Gasteiger partial charge is 0.444 e. The minimum absolute atomic E-state index is 0. The first-order valence-corrected chi connectivity index (χ1v) is 8.33. The van der Waals surface area contributed by atoms with Gasteiger partial charge in [0.25, 0.3) is 0 Å². The second-order valence-electron chi connectivity index (χ2n) is 6.39. The quantitative estimate of drug-likeness (QED) is 0.386. The number of nitrogens with one attached hydrogen (secondary N) is 2. The van der Waals surface area contributed by atoms with Crippen molar-refractivity contribution in [1.82, 2.24) is 15.6 Å². The van der Waals surface area contributed by atoms with Gasteiger partial charge >= 0.3 is 0 Å². The topological polar surface area (TPSA) is 62.5 Å². The summed E-state index contributed by atoms with van der Waals surface area (Å²) in [7, 11) is 1.74. The number of hydrogen-bond donors (Lipinski definition) is 2. The maximum absolute atomic E-state index is 6.32. The number of rotatable bonds is 5. The fourth-order valence-electron chi connectivity index (χ4n) is 2.40. The zero-order valence-corrected chi connectivity index (χ0v) is 18.4. The highest BCUT2D eigenvalue weighted by Gasteiger charge is 2.23. The molecule has 0 bridgehead atoms. The van der Waals surface area contributed by atoms with E-state index in [4.69, 9.17) is 16.0 Å². The Kier molecular flexibility index (Phi) is 8.21. The van der Waals surface area contributed by atoms with Crippen molar-refractivity contribution < 1.29 is 4.42 Å². The second-order valence-corrected chi connectivity index (χ2v) is 6.80. The van der Waals surface area contributed by atoms with E-state index < -0.39 is 0 Å². The summed E-state index contributed by atoms with van der Waals surface area (Å²) in [6.45, 7) is 9.32. The van der Waals surface area contributed by atoms with Crippen molar-refractivity contribution in [3.8, 4) is 0 Å². The fraction of sp³-hybridized carbons (Fsp3) is 0.444. The molecule has 1 aromatic carbocycles. The van der Waals surface area contributed by atoms with Crippen LogP contribution in [0.1, 0.15) is 36.8 Å². The van der Waals surface area contributed by atoms with Gasteiger partial charge in [0.2, 0.25) is 5.89 Å². The number of aromatic nitrogens is 1. The lowest BCUT2D eigenvalue weighted by molar-refractivity contribution is 0.461. The first-order valence-electron chi connectivity index (χ1n) is 7.96. The lowest BCUT2D eigenvalue weighted by Gasteiger charge is -2.27. The van der Waals surface area contributed by atoms with E-state index >= 15 is 0 Å². The molecule has 2 aromatic rings. The minimum Gasteiger partial charge on any atom is -0.444 e. The van der Waals surface area contributed by atoms with Crippen LogP contribution in [0.4, 0.5) is 0 Å². The molecule has 0 amide bonds. The first-order chi connectivity index (χ1) is 11.3. The molecule has 25 heavy (non-hydrogen) atoms. The Morgan fingerprint density at radius 1 is 1.24 bits per heavy atom. The lowest BCUT2D eigenvalue weighted by atomic mass is 9.84. The van der Waals surface area contributed by atoms with Crippen molar-refractivity contribution in [3.05, 3.63) is 52.2 Å². The standard InChI is InChI=1S/C18H25ClN4O.HI/c1-12-13(2)24-16(23-12)10-21-17(20-5)22-11-18(3,4)14-8-6-7-9-15(14)19;/h6-9H,10-11H2,1-5H3,(H2,20,21,22);1H. The zero-order chi connectivity index (χ0) is 17.7. The van der Waals surface area contributed by atoms with Gasteiger partial charge in [-0.3, -0.25) is 4.99 Å². The van der Waals surface area contributed by atoms with Crippen molar-refractivity contribution >= 4 is 41.5 Å². The molecule has 7 heteroatoms. The molecule has 2 N–H and O–H groups in total. The van der Waals surface area contributed by atoms with Gasteiger partial charge < -0.3 is 15.1 Å². The third kappa shape index (κ3) is 5.88. The van der Waals surface area contributed by atoms with Crippen LogP contribution in [0.5, 0.6) is 0 Å². The van der Waals surface area contributed by atoms with Crippen molar-refractivity contribution in [2.45, 2.75) is 39.7 Å². The summed E-state index contributed by atoms with van der Waals surface area (Å²) in [6, 6.07) is 7.91. The number of aryl methyl sites for hydroxylation is 2. The summed E-state index contributed by atoms with van der Waals surface area (Å²) in [4.78, 5) is 8.60. The van der Waals surface area contributed by atoms with Gasteiger partial charge in [0.15, 0.2) is 5.96 Å². The van der Waals surface area contributed by atoms with Gasteiger partial charge in [0, 0.05) is 24.0 Å². The van der Waals surface area contributed by atoms with Crippen molar-refractivity contribution in [2.75, 3.05) is 13.6 Å². The molecule has 0 radical (unpaired) electrons. The predicted molar refractivity (Wildman–Crippen MR) is 114 cm³/mol. The van der Waals surface area contributed by atoms with Gasteiger partial charge in [-0.25, -0.2) is 4.98 Å². The van der Waals surface area contributed by atoms with Gasteiger partial charge in [-0.2, -0.15) is 0 Å². The van der Waals surface area contributed by atoms with E-state index in [0.29, 0.717) is 24.9 Å². The monoisotopic (exact) mass is 476 g/mol. The molecule has 2 rings (SSSR count). The third-order valence-corrected chi connectivity index (χ3v) is 4.33. The van der Waals surface area contributed by atoms with E-state index in [9.17, 15) is 0 Å². The summed E-state index contributed by atoms with van der Waals surface area (Å²) in [5.74, 6) is 2.19. The molecule has 0 unspecified atom stereocenters. The Morgan fingerprint density at radius 3 is 2.48 bits per heavy atom. The van der Waals surface area contributed by atoms with Gasteiger partial charge in [-0.1, -0.05) is 43.6 Å². The Hall–Kier alpha value is -1.28. The number of oxazole rings is 1. The highest BCUT2D eigenvalue weighted by atomic mass is 127. The minimum atomic E-state index is -0.133. The number of guanidine groups is 1. The van der Waals surface area contributed by atoms with Gasteiger partial charge in [0.1, 0.15) is 5.76 Å². The van der Waals surface area contributed by atoms with Crippen LogP contribution in [0.2, 0.25) is 5.02 Å². The molecule has 0 aliphatic heterocycles. The molecule has 1 heterocycles. The summed E-state index contributed by atoms with van der Waals surface area (Å²) >= 11 is 6.32. The number of hydrogen-bond acceptors (Lipinski definition) is 3. The van der Waals surface area contributed by atoms with E-state index in [1.165, 1.54) is 0 Å². The summed E-state index contributed by atoms with van der Waals surface area (Å²) in [5, 5.41) is 7.33. The van der Waals surface area contributed by atoms with Gasteiger partial charge in [-0.05, 0) is 25.5 Å². The number of benzene rings is 1. The molecule has 0 fully saturated rings. The van der Waals surface area contributed by atoms with Crippen LogP contribution in [0.25, 0.3) is 0 Å². The molecule has 0 spiro atoms. The van der Waals surface area contributed by atoms with E-state index in [1.54, 1.807) is 7.05 Å². The number of halogens is 2. The summed E-state index contributed by atoms with van der Waals surface area (Å²) < 4.78 is 5.57. The highest BCUT2D eigenvalue weighted by Crippen LogP contribution is 2.28. The van der Waals surface area contributed by atoms with E-state index in [0.717, 1.165) is 22.0 Å². The molecule has 5 nitrogen and oxygen atoms in total. The van der Waals surface area contributed by atoms with Crippen LogP contribution in [0, 0.1) is 13.8 Å². The van der Waals surface area contributed by atoms with Crippen LogP contribution >= 0.6 is 35.6 Å². The Labute approximate surface area is 171 Å². The molecule has 0 aliphatic rings. The van der Waals surface area contributed by atoms with Crippen molar-refractivity contribution in [1.29, 1.82) is 0 Å². The Balaban J connectivity index is 0.00000312. The van der Waals surface area contributed by atoms with E-state index in [2.05, 4.69) is 40.5 Å². The predicted octanol–water partition coefficient (Wildman–Crippen LogP) is 4.21. The SMILES string of the molecule is CN=C(NCc1nc(C)c(C)o1)NCC(C)(C)c1ccccc1Cl.I. The highest BCUT2D eigenvalue weighted by molar-refractivity contribution is 14.0. The Morgan fingerprint density at radius 2 is 1.92 bits per heavy atom. The molecule has 138 valence electrons. The second kappa shape index (κ2) is 9.43. The van der Waals surface area contributed by atoms with Gasteiger partial charge in [-0.15, -0.1) is 24.0 Å². The molecular weight excluding hydrogens is 451 g/mol. The summed E-state index contributed by atoms with van der Waals surface area (Å²) in [5.41, 5.74) is 1.88. The van der Waals surface area contributed by atoms with Crippen LogP contribution in [-0.2, 0) is 12.0 Å². The average molecular weight is 477 g/mol. The van der Waals surface area contributed by atoms with Crippen LogP contribution < -0.4 is 10.6 Å². The third-order valence-electron chi connectivity index (χ3n) is 4.00. The number of nitrogens with zero attached hydrogens (tertiary/aromatic N) is 2. The zero-order valence-electron chi connectivity index (χ0n) is 15.3. The lowest BCUT2D eigenvalue weighted by Crippen LogP contribution is -2.43. The molecule has 1 aromatic heterocycles. The van der Waals surface area contributed by atoms with Crippen LogP contribution in [0.15, 0.2) is 33.7 Å². The molecule has 0 aliphatic carbocycles. The molecule has 0 saturated carbocycles. The van der Waals surface area contributed by atoms with Crippen LogP contribution in [0.3, 0.4) is 0 Å². The molecular formula is C18H26ClIN4O. The van der Waals surface area contributed by atoms with Crippen LogP contribution in [-0.4, -0.2) is 24.5 Å². The maximum atomic E-state index is 6.32. The smallest absolute Gasteiger partial charge is 0.214 e. The first kappa shape index (κ1) is 21.8.